The zero-order valence-electron chi connectivity index (χ0n) is 12.6. The first-order valence-corrected chi connectivity index (χ1v) is 8.45. The highest BCUT2D eigenvalue weighted by Gasteiger charge is 2.17. The molecule has 0 atom stereocenters. The molecule has 0 heterocycles. The number of thioether (sulfide) groups is 1. The van der Waals surface area contributed by atoms with Crippen molar-refractivity contribution in [1.29, 1.82) is 5.26 Å². The van der Waals surface area contributed by atoms with Gasteiger partial charge in [0.2, 0.25) is 0 Å². The SMILES string of the molecule is COC(=O)c1ccc(C#N)c(SCc2ccc(OC)cc2)c1Br. The predicted molar refractivity (Wildman–Crippen MR) is 92.8 cm³/mol. The van der Waals surface area contributed by atoms with E-state index in [1.165, 1.54) is 18.9 Å². The van der Waals surface area contributed by atoms with E-state index in [2.05, 4.69) is 22.0 Å². The summed E-state index contributed by atoms with van der Waals surface area (Å²) in [5.41, 5.74) is 2.02. The van der Waals surface area contributed by atoms with Crippen LogP contribution in [0.1, 0.15) is 21.5 Å². The Labute approximate surface area is 147 Å². The molecular weight excluding hydrogens is 378 g/mol. The van der Waals surface area contributed by atoms with Gasteiger partial charge in [0.1, 0.15) is 11.8 Å². The molecule has 0 bridgehead atoms. The van der Waals surface area contributed by atoms with Crippen molar-refractivity contribution in [2.24, 2.45) is 0 Å². The van der Waals surface area contributed by atoms with Gasteiger partial charge in [-0.2, -0.15) is 5.26 Å². The number of rotatable bonds is 5. The summed E-state index contributed by atoms with van der Waals surface area (Å²) in [6, 6.07) is 13.1. The normalized spacial score (nSPS) is 10.0. The second kappa shape index (κ2) is 8.04. The lowest BCUT2D eigenvalue weighted by Crippen LogP contribution is -2.03. The molecule has 0 amide bonds. The van der Waals surface area contributed by atoms with Crippen LogP contribution in [0.5, 0.6) is 5.75 Å². The molecule has 6 heteroatoms. The number of benzene rings is 2. The number of hydrogen-bond acceptors (Lipinski definition) is 5. The lowest BCUT2D eigenvalue weighted by molar-refractivity contribution is 0.0599. The molecule has 2 aromatic rings. The molecular formula is C17H14BrNO3S. The van der Waals surface area contributed by atoms with Crippen LogP contribution < -0.4 is 4.74 Å². The van der Waals surface area contributed by atoms with Crippen molar-refractivity contribution in [2.45, 2.75) is 10.6 Å². The third-order valence-electron chi connectivity index (χ3n) is 3.17. The highest BCUT2D eigenvalue weighted by atomic mass is 79.9. The quantitative estimate of drug-likeness (QED) is 0.557. The Morgan fingerprint density at radius 2 is 1.91 bits per heavy atom. The molecule has 0 radical (unpaired) electrons. The lowest BCUT2D eigenvalue weighted by atomic mass is 10.1. The Morgan fingerprint density at radius 3 is 2.48 bits per heavy atom. The topological polar surface area (TPSA) is 59.3 Å². The molecule has 0 aliphatic rings. The summed E-state index contributed by atoms with van der Waals surface area (Å²) in [4.78, 5) is 12.5. The van der Waals surface area contributed by atoms with Gasteiger partial charge >= 0.3 is 5.97 Å². The fraction of sp³-hybridized carbons (Fsp3) is 0.176. The van der Waals surface area contributed by atoms with E-state index in [1.54, 1.807) is 19.2 Å². The Balaban J connectivity index is 2.26. The molecule has 0 saturated carbocycles. The minimum atomic E-state index is -0.437. The minimum Gasteiger partial charge on any atom is -0.497 e. The van der Waals surface area contributed by atoms with E-state index in [9.17, 15) is 10.1 Å². The number of halogens is 1. The van der Waals surface area contributed by atoms with Crippen LogP contribution >= 0.6 is 27.7 Å². The first kappa shape index (κ1) is 17.4. The van der Waals surface area contributed by atoms with Gasteiger partial charge in [-0.15, -0.1) is 11.8 Å². The third-order valence-corrected chi connectivity index (χ3v) is 5.44. The molecule has 118 valence electrons. The van der Waals surface area contributed by atoms with Crippen LogP contribution in [0.15, 0.2) is 45.8 Å². The van der Waals surface area contributed by atoms with Gasteiger partial charge in [-0.3, -0.25) is 0 Å². The van der Waals surface area contributed by atoms with E-state index in [4.69, 9.17) is 9.47 Å². The van der Waals surface area contributed by atoms with Crippen LogP contribution in [0.4, 0.5) is 0 Å². The third kappa shape index (κ3) is 4.06. The van der Waals surface area contributed by atoms with Crippen LogP contribution in [0.3, 0.4) is 0 Å². The maximum Gasteiger partial charge on any atom is 0.339 e. The van der Waals surface area contributed by atoms with Gasteiger partial charge in [-0.25, -0.2) is 4.79 Å². The number of carbonyl (C=O) groups excluding carboxylic acids is 1. The monoisotopic (exact) mass is 391 g/mol. The van der Waals surface area contributed by atoms with Gasteiger partial charge in [0, 0.05) is 15.1 Å². The van der Waals surface area contributed by atoms with Crippen LogP contribution in [-0.4, -0.2) is 20.2 Å². The zero-order chi connectivity index (χ0) is 16.8. The van der Waals surface area contributed by atoms with Gasteiger partial charge in [-0.1, -0.05) is 12.1 Å². The Bertz CT molecular complexity index is 754. The van der Waals surface area contributed by atoms with Crippen molar-refractivity contribution >= 4 is 33.7 Å². The number of methoxy groups -OCH3 is 2. The van der Waals surface area contributed by atoms with Gasteiger partial charge in [-0.05, 0) is 45.8 Å². The number of nitriles is 1. The number of esters is 1. The minimum absolute atomic E-state index is 0.406. The fourth-order valence-corrected chi connectivity index (χ4v) is 3.79. The van der Waals surface area contributed by atoms with Crippen molar-refractivity contribution in [2.75, 3.05) is 14.2 Å². The first-order chi connectivity index (χ1) is 11.1. The maximum atomic E-state index is 11.8. The average molecular weight is 392 g/mol. The van der Waals surface area contributed by atoms with E-state index in [1.807, 2.05) is 24.3 Å². The molecule has 0 fully saturated rings. The molecule has 2 aromatic carbocycles. The summed E-state index contributed by atoms with van der Waals surface area (Å²) in [5, 5.41) is 9.28. The molecule has 4 nitrogen and oxygen atoms in total. The molecule has 0 N–H and O–H groups in total. The smallest absolute Gasteiger partial charge is 0.339 e. The fourth-order valence-electron chi connectivity index (χ4n) is 1.93. The summed E-state index contributed by atoms with van der Waals surface area (Å²) >= 11 is 4.91. The van der Waals surface area contributed by atoms with Crippen LogP contribution in [0, 0.1) is 11.3 Å². The van der Waals surface area contributed by atoms with E-state index in [0.29, 0.717) is 21.4 Å². The molecule has 0 saturated heterocycles. The van der Waals surface area contributed by atoms with Crippen molar-refractivity contribution < 1.29 is 14.3 Å². The Hall–Kier alpha value is -1.97. The van der Waals surface area contributed by atoms with Crippen molar-refractivity contribution in [3.8, 4) is 11.8 Å². The summed E-state index contributed by atoms with van der Waals surface area (Å²) in [6.45, 7) is 0. The van der Waals surface area contributed by atoms with Crippen LogP contribution in [0.2, 0.25) is 0 Å². The second-order valence-electron chi connectivity index (χ2n) is 4.54. The van der Waals surface area contributed by atoms with Gasteiger partial charge in [0.05, 0.1) is 25.3 Å². The van der Waals surface area contributed by atoms with Crippen molar-refractivity contribution in [1.82, 2.24) is 0 Å². The summed E-state index contributed by atoms with van der Waals surface area (Å²) in [7, 11) is 2.95. The largest absolute Gasteiger partial charge is 0.497 e. The van der Waals surface area contributed by atoms with Gasteiger partial charge in [0.25, 0.3) is 0 Å². The Morgan fingerprint density at radius 1 is 1.22 bits per heavy atom. The van der Waals surface area contributed by atoms with Crippen molar-refractivity contribution in [3.05, 3.63) is 57.6 Å². The second-order valence-corrected chi connectivity index (χ2v) is 6.32. The number of carbonyl (C=O) groups is 1. The van der Waals surface area contributed by atoms with E-state index in [0.717, 1.165) is 16.2 Å². The summed E-state index contributed by atoms with van der Waals surface area (Å²) < 4.78 is 10.5. The molecule has 0 aliphatic heterocycles. The standard InChI is InChI=1S/C17H14BrNO3S/c1-21-13-6-3-11(4-7-13)10-23-16-12(9-19)5-8-14(15(16)18)17(20)22-2/h3-8H,10H2,1-2H3. The first-order valence-electron chi connectivity index (χ1n) is 6.67. The number of hydrogen-bond donors (Lipinski definition) is 0. The van der Waals surface area contributed by atoms with E-state index >= 15 is 0 Å². The molecule has 0 unspecified atom stereocenters. The molecule has 23 heavy (non-hydrogen) atoms. The maximum absolute atomic E-state index is 11.8. The number of nitrogens with zero attached hydrogens (tertiary/aromatic N) is 1. The number of ether oxygens (including phenoxy) is 2. The average Bonchev–Trinajstić information content (AvgIpc) is 2.60. The summed E-state index contributed by atoms with van der Waals surface area (Å²) in [6.07, 6.45) is 0. The molecule has 0 aliphatic carbocycles. The van der Waals surface area contributed by atoms with Gasteiger partial charge in [0.15, 0.2) is 0 Å². The Kier molecular flexibility index (Phi) is 6.08. The zero-order valence-corrected chi connectivity index (χ0v) is 15.0. The van der Waals surface area contributed by atoms with Crippen LogP contribution in [0.25, 0.3) is 0 Å². The highest BCUT2D eigenvalue weighted by Crippen LogP contribution is 2.36. The predicted octanol–water partition coefficient (Wildman–Crippen LogP) is 4.41. The van der Waals surface area contributed by atoms with Crippen LogP contribution in [-0.2, 0) is 10.5 Å². The van der Waals surface area contributed by atoms with Gasteiger partial charge < -0.3 is 9.47 Å². The van der Waals surface area contributed by atoms with E-state index < -0.39 is 5.97 Å². The van der Waals surface area contributed by atoms with Crippen molar-refractivity contribution in [3.63, 3.8) is 0 Å². The molecule has 0 spiro atoms. The van der Waals surface area contributed by atoms with E-state index in [-0.39, 0.29) is 0 Å². The molecule has 2 rings (SSSR count). The lowest BCUT2D eigenvalue weighted by Gasteiger charge is -2.10. The summed E-state index contributed by atoms with van der Waals surface area (Å²) in [5.74, 6) is 1.03. The molecule has 0 aromatic heterocycles. The highest BCUT2D eigenvalue weighted by molar-refractivity contribution is 9.10.